The van der Waals surface area contributed by atoms with E-state index in [1.54, 1.807) is 18.2 Å². The molecule has 2 rings (SSSR count). The van der Waals surface area contributed by atoms with E-state index in [1.165, 1.54) is 12.1 Å². The highest BCUT2D eigenvalue weighted by molar-refractivity contribution is 6.30. The van der Waals surface area contributed by atoms with Gasteiger partial charge in [-0.25, -0.2) is 9.18 Å². The van der Waals surface area contributed by atoms with Gasteiger partial charge in [-0.3, -0.25) is 0 Å². The fourth-order valence-electron chi connectivity index (χ4n) is 1.79. The molecule has 0 aromatic heterocycles. The van der Waals surface area contributed by atoms with Crippen molar-refractivity contribution in [3.05, 3.63) is 63.9 Å². The molecule has 0 saturated carbocycles. The van der Waals surface area contributed by atoms with Gasteiger partial charge < -0.3 is 9.84 Å². The molecule has 0 saturated heterocycles. The van der Waals surface area contributed by atoms with Gasteiger partial charge in [0, 0.05) is 5.02 Å². The number of carboxylic acid groups (broad SMARTS) is 1. The molecule has 0 aliphatic carbocycles. The average molecular weight is 295 g/mol. The van der Waals surface area contributed by atoms with Crippen molar-refractivity contribution in [2.24, 2.45) is 0 Å². The van der Waals surface area contributed by atoms with Crippen molar-refractivity contribution >= 4 is 17.6 Å². The highest BCUT2D eigenvalue weighted by Gasteiger charge is 2.08. The third kappa shape index (κ3) is 3.48. The van der Waals surface area contributed by atoms with E-state index in [2.05, 4.69) is 0 Å². The first-order valence-electron chi connectivity index (χ1n) is 5.87. The molecule has 2 aromatic carbocycles. The second-order valence-corrected chi connectivity index (χ2v) is 4.79. The Balaban J connectivity index is 2.16. The highest BCUT2D eigenvalue weighted by atomic mass is 35.5. The number of halogens is 2. The summed E-state index contributed by atoms with van der Waals surface area (Å²) >= 11 is 5.84. The summed E-state index contributed by atoms with van der Waals surface area (Å²) in [5, 5.41) is 9.48. The Morgan fingerprint density at radius 2 is 2.05 bits per heavy atom. The molecule has 0 amide bonds. The van der Waals surface area contributed by atoms with Crippen LogP contribution >= 0.6 is 11.6 Å². The second-order valence-electron chi connectivity index (χ2n) is 4.35. The van der Waals surface area contributed by atoms with Crippen LogP contribution in [-0.2, 0) is 6.61 Å². The van der Waals surface area contributed by atoms with Crippen LogP contribution in [0.3, 0.4) is 0 Å². The van der Waals surface area contributed by atoms with E-state index < -0.39 is 11.8 Å². The molecule has 0 atom stereocenters. The van der Waals surface area contributed by atoms with Gasteiger partial charge in [0.1, 0.15) is 18.2 Å². The van der Waals surface area contributed by atoms with Crippen LogP contribution in [0.4, 0.5) is 4.39 Å². The highest BCUT2D eigenvalue weighted by Crippen LogP contribution is 2.23. The van der Waals surface area contributed by atoms with Crippen molar-refractivity contribution in [2.75, 3.05) is 0 Å². The van der Waals surface area contributed by atoms with Crippen molar-refractivity contribution in [1.29, 1.82) is 0 Å². The maximum absolute atomic E-state index is 13.3. The second kappa shape index (κ2) is 5.92. The van der Waals surface area contributed by atoms with Gasteiger partial charge in [0.25, 0.3) is 0 Å². The lowest BCUT2D eigenvalue weighted by molar-refractivity contribution is 0.0696. The maximum atomic E-state index is 13.3. The molecule has 0 radical (unpaired) electrons. The van der Waals surface area contributed by atoms with Gasteiger partial charge in [0.05, 0.1) is 5.56 Å². The first kappa shape index (κ1) is 14.3. The van der Waals surface area contributed by atoms with E-state index in [9.17, 15) is 9.18 Å². The fraction of sp³-hybridized carbons (Fsp3) is 0.133. The van der Waals surface area contributed by atoms with E-state index >= 15 is 0 Å². The van der Waals surface area contributed by atoms with E-state index in [0.717, 1.165) is 11.6 Å². The number of carbonyl (C=O) groups is 1. The van der Waals surface area contributed by atoms with Crippen molar-refractivity contribution in [3.63, 3.8) is 0 Å². The van der Waals surface area contributed by atoms with Gasteiger partial charge in [-0.1, -0.05) is 11.6 Å². The zero-order valence-corrected chi connectivity index (χ0v) is 11.4. The van der Waals surface area contributed by atoms with Crippen molar-refractivity contribution in [2.45, 2.75) is 13.5 Å². The minimum absolute atomic E-state index is 0.0838. The monoisotopic (exact) mass is 294 g/mol. The molecule has 3 nitrogen and oxygen atoms in total. The van der Waals surface area contributed by atoms with Crippen LogP contribution in [0.15, 0.2) is 36.4 Å². The third-order valence-corrected chi connectivity index (χ3v) is 2.97. The van der Waals surface area contributed by atoms with Gasteiger partial charge in [-0.15, -0.1) is 0 Å². The van der Waals surface area contributed by atoms with Crippen LogP contribution in [0.5, 0.6) is 5.75 Å². The molecular formula is C15H12ClFO3. The molecule has 0 fully saturated rings. The Bertz CT molecular complexity index is 656. The molecule has 20 heavy (non-hydrogen) atoms. The zero-order chi connectivity index (χ0) is 14.7. The summed E-state index contributed by atoms with van der Waals surface area (Å²) < 4.78 is 18.9. The fourth-order valence-corrected chi connectivity index (χ4v) is 2.02. The number of carboxylic acids is 1. The molecular weight excluding hydrogens is 283 g/mol. The van der Waals surface area contributed by atoms with Crippen LogP contribution in [0.25, 0.3) is 0 Å². The number of hydrogen-bond acceptors (Lipinski definition) is 2. The predicted octanol–water partition coefficient (Wildman–Crippen LogP) is 4.06. The zero-order valence-electron chi connectivity index (χ0n) is 10.7. The summed E-state index contributed by atoms with van der Waals surface area (Å²) in [6.45, 7) is 1.93. The largest absolute Gasteiger partial charge is 0.489 e. The lowest BCUT2D eigenvalue weighted by Gasteiger charge is -2.10. The quantitative estimate of drug-likeness (QED) is 0.925. The maximum Gasteiger partial charge on any atom is 0.335 e. The van der Waals surface area contributed by atoms with Gasteiger partial charge in [0.15, 0.2) is 0 Å². The minimum atomic E-state index is -1.17. The summed E-state index contributed by atoms with van der Waals surface area (Å²) in [7, 11) is 0. The summed E-state index contributed by atoms with van der Waals surface area (Å²) in [5.41, 5.74) is 1.21. The summed E-state index contributed by atoms with van der Waals surface area (Å²) in [6, 6.07) is 8.77. The molecule has 0 aliphatic rings. The van der Waals surface area contributed by atoms with Gasteiger partial charge in [-0.2, -0.15) is 0 Å². The molecule has 5 heteroatoms. The van der Waals surface area contributed by atoms with E-state index in [4.69, 9.17) is 21.4 Å². The molecule has 1 N–H and O–H groups in total. The standard InChI is InChI=1S/C15H12ClFO3/c1-9-4-12(16)2-3-14(9)20-8-10-5-11(15(18)19)7-13(17)6-10/h2-7H,8H2,1H3,(H,18,19). The number of benzene rings is 2. The topological polar surface area (TPSA) is 46.5 Å². The summed E-state index contributed by atoms with van der Waals surface area (Å²) in [4.78, 5) is 10.8. The van der Waals surface area contributed by atoms with Crippen LogP contribution in [-0.4, -0.2) is 11.1 Å². The number of aryl methyl sites for hydroxylation is 1. The average Bonchev–Trinajstić information content (AvgIpc) is 2.37. The Kier molecular flexibility index (Phi) is 4.25. The summed E-state index contributed by atoms with van der Waals surface area (Å²) in [6.07, 6.45) is 0. The Morgan fingerprint density at radius 3 is 2.70 bits per heavy atom. The Labute approximate surface area is 120 Å². The summed E-state index contributed by atoms with van der Waals surface area (Å²) in [5.74, 6) is -1.15. The molecule has 0 spiro atoms. The normalized spacial score (nSPS) is 10.3. The van der Waals surface area contributed by atoms with Gasteiger partial charge in [0.2, 0.25) is 0 Å². The lowest BCUT2D eigenvalue weighted by Crippen LogP contribution is -2.02. The van der Waals surface area contributed by atoms with Crippen LogP contribution in [0.2, 0.25) is 5.02 Å². The molecule has 0 aliphatic heterocycles. The van der Waals surface area contributed by atoms with E-state index in [1.807, 2.05) is 6.92 Å². The SMILES string of the molecule is Cc1cc(Cl)ccc1OCc1cc(F)cc(C(=O)O)c1. The van der Waals surface area contributed by atoms with Crippen molar-refractivity contribution in [3.8, 4) is 5.75 Å². The number of ether oxygens (including phenoxy) is 1. The van der Waals surface area contributed by atoms with Gasteiger partial charge >= 0.3 is 5.97 Å². The Hall–Kier alpha value is -2.07. The number of aromatic carboxylic acids is 1. The smallest absolute Gasteiger partial charge is 0.335 e. The van der Waals surface area contributed by atoms with Crippen molar-refractivity contribution < 1.29 is 19.0 Å². The third-order valence-electron chi connectivity index (χ3n) is 2.74. The minimum Gasteiger partial charge on any atom is -0.489 e. The predicted molar refractivity (Wildman–Crippen MR) is 73.9 cm³/mol. The number of rotatable bonds is 4. The van der Waals surface area contributed by atoms with Gasteiger partial charge in [-0.05, 0) is 54.4 Å². The first-order chi connectivity index (χ1) is 9.45. The molecule has 0 heterocycles. The van der Waals surface area contributed by atoms with Crippen LogP contribution in [0.1, 0.15) is 21.5 Å². The van der Waals surface area contributed by atoms with E-state index in [-0.39, 0.29) is 12.2 Å². The molecule has 0 bridgehead atoms. The first-order valence-corrected chi connectivity index (χ1v) is 6.25. The van der Waals surface area contributed by atoms with Crippen molar-refractivity contribution in [1.82, 2.24) is 0 Å². The van der Waals surface area contributed by atoms with Crippen LogP contribution < -0.4 is 4.74 Å². The van der Waals surface area contributed by atoms with E-state index in [0.29, 0.717) is 16.3 Å². The molecule has 0 unspecified atom stereocenters. The number of hydrogen-bond donors (Lipinski definition) is 1. The Morgan fingerprint density at radius 1 is 1.30 bits per heavy atom. The molecule has 2 aromatic rings. The molecule has 104 valence electrons. The lowest BCUT2D eigenvalue weighted by atomic mass is 10.1. The van der Waals surface area contributed by atoms with Crippen LogP contribution in [0, 0.1) is 12.7 Å².